The summed E-state index contributed by atoms with van der Waals surface area (Å²) in [6.45, 7) is 5.14. The van der Waals surface area contributed by atoms with Gasteiger partial charge in [0.05, 0.1) is 5.69 Å². The zero-order valence-electron chi connectivity index (χ0n) is 11.4. The zero-order valence-corrected chi connectivity index (χ0v) is 11.4. The molecule has 0 spiro atoms. The second-order valence-electron chi connectivity index (χ2n) is 4.68. The lowest BCUT2D eigenvalue weighted by Crippen LogP contribution is -2.25. The first-order chi connectivity index (χ1) is 9.28. The smallest absolute Gasteiger partial charge is 0.0543 e. The fraction of sp³-hybridized carbons (Fsp3) is 0.312. The highest BCUT2D eigenvalue weighted by molar-refractivity contribution is 5.40. The summed E-state index contributed by atoms with van der Waals surface area (Å²) in [5.41, 5.74) is 9.05. The van der Waals surface area contributed by atoms with E-state index in [0.29, 0.717) is 0 Å². The van der Waals surface area contributed by atoms with Crippen molar-refractivity contribution in [3.8, 4) is 0 Å². The summed E-state index contributed by atoms with van der Waals surface area (Å²) < 4.78 is 0. The number of nitrogen functional groups attached to an aromatic ring is 1. The van der Waals surface area contributed by atoms with E-state index in [1.54, 1.807) is 0 Å². The van der Waals surface area contributed by atoms with Gasteiger partial charge in [-0.2, -0.15) is 0 Å². The van der Waals surface area contributed by atoms with Gasteiger partial charge < -0.3 is 5.73 Å². The summed E-state index contributed by atoms with van der Waals surface area (Å²) in [5, 5.41) is 0. The molecule has 0 bridgehead atoms. The van der Waals surface area contributed by atoms with E-state index >= 15 is 0 Å². The molecule has 0 aliphatic heterocycles. The third-order valence-corrected chi connectivity index (χ3v) is 3.23. The van der Waals surface area contributed by atoms with Crippen molar-refractivity contribution in [2.75, 3.05) is 18.8 Å². The number of hydrogen-bond acceptors (Lipinski definition) is 3. The van der Waals surface area contributed by atoms with Crippen LogP contribution in [0.4, 0.5) is 5.69 Å². The van der Waals surface area contributed by atoms with Crippen LogP contribution in [0.25, 0.3) is 0 Å². The van der Waals surface area contributed by atoms with Gasteiger partial charge in [0.1, 0.15) is 0 Å². The fourth-order valence-electron chi connectivity index (χ4n) is 2.11. The van der Waals surface area contributed by atoms with E-state index in [1.165, 1.54) is 5.56 Å². The second kappa shape index (κ2) is 6.90. The molecule has 3 heteroatoms. The minimum atomic E-state index is 0.838. The quantitative estimate of drug-likeness (QED) is 0.807. The number of nitrogens with two attached hydrogens (primary N) is 1. The summed E-state index contributed by atoms with van der Waals surface area (Å²) in [6, 6.07) is 14.2. The molecule has 2 aromatic rings. The Balaban J connectivity index is 1.89. The highest BCUT2D eigenvalue weighted by Crippen LogP contribution is 2.09. The Morgan fingerprint density at radius 3 is 2.74 bits per heavy atom. The summed E-state index contributed by atoms with van der Waals surface area (Å²) in [4.78, 5) is 6.77. The summed E-state index contributed by atoms with van der Waals surface area (Å²) >= 11 is 0. The number of anilines is 1. The van der Waals surface area contributed by atoms with Crippen molar-refractivity contribution >= 4 is 5.69 Å². The average molecular weight is 255 g/mol. The molecular formula is C16H21N3. The van der Waals surface area contributed by atoms with Gasteiger partial charge in [-0.25, -0.2) is 0 Å². The summed E-state index contributed by atoms with van der Waals surface area (Å²) in [7, 11) is 0. The van der Waals surface area contributed by atoms with Crippen LogP contribution >= 0.6 is 0 Å². The Hall–Kier alpha value is -1.87. The maximum atomic E-state index is 5.80. The molecule has 0 atom stereocenters. The second-order valence-corrected chi connectivity index (χ2v) is 4.68. The number of hydrogen-bond donors (Lipinski definition) is 1. The van der Waals surface area contributed by atoms with Crippen molar-refractivity contribution < 1.29 is 0 Å². The van der Waals surface area contributed by atoms with Gasteiger partial charge in [-0.3, -0.25) is 9.88 Å². The Morgan fingerprint density at radius 1 is 1.16 bits per heavy atom. The molecule has 0 saturated carbocycles. The molecule has 2 rings (SSSR count). The predicted octanol–water partition coefficient (Wildman–Crippen LogP) is 2.73. The lowest BCUT2D eigenvalue weighted by atomic mass is 10.1. The third-order valence-electron chi connectivity index (χ3n) is 3.23. The molecule has 100 valence electrons. The van der Waals surface area contributed by atoms with Gasteiger partial charge in [0.2, 0.25) is 0 Å². The standard InChI is InChI=1S/C16H21N3/c1-2-19(13-16-8-3-4-10-18-16)11-9-14-6-5-7-15(17)12-14/h3-8,10,12H,2,9,11,13,17H2,1H3. The van der Waals surface area contributed by atoms with Crippen LogP contribution in [0.3, 0.4) is 0 Å². The molecular weight excluding hydrogens is 234 g/mol. The van der Waals surface area contributed by atoms with Crippen LogP contribution in [0.5, 0.6) is 0 Å². The molecule has 3 nitrogen and oxygen atoms in total. The van der Waals surface area contributed by atoms with E-state index in [9.17, 15) is 0 Å². The number of rotatable bonds is 6. The van der Waals surface area contributed by atoms with Crippen LogP contribution in [0.2, 0.25) is 0 Å². The number of benzene rings is 1. The monoisotopic (exact) mass is 255 g/mol. The lowest BCUT2D eigenvalue weighted by molar-refractivity contribution is 0.280. The Labute approximate surface area is 115 Å². The largest absolute Gasteiger partial charge is 0.399 e. The molecule has 0 radical (unpaired) electrons. The van der Waals surface area contributed by atoms with Crippen LogP contribution < -0.4 is 5.73 Å². The molecule has 19 heavy (non-hydrogen) atoms. The zero-order chi connectivity index (χ0) is 13.5. The average Bonchev–Trinajstić information content (AvgIpc) is 2.44. The van der Waals surface area contributed by atoms with E-state index in [2.05, 4.69) is 35.0 Å². The first kappa shape index (κ1) is 13.6. The Kier molecular flexibility index (Phi) is 4.93. The predicted molar refractivity (Wildman–Crippen MR) is 79.7 cm³/mol. The number of nitrogens with zero attached hydrogens (tertiary/aromatic N) is 2. The molecule has 1 heterocycles. The maximum absolute atomic E-state index is 5.80. The fourth-order valence-corrected chi connectivity index (χ4v) is 2.11. The van der Waals surface area contributed by atoms with Crippen LogP contribution in [0, 0.1) is 0 Å². The SMILES string of the molecule is CCN(CCc1cccc(N)c1)Cc1ccccn1. The molecule has 1 aromatic carbocycles. The van der Waals surface area contributed by atoms with Gasteiger partial charge >= 0.3 is 0 Å². The minimum Gasteiger partial charge on any atom is -0.399 e. The first-order valence-electron chi connectivity index (χ1n) is 6.74. The van der Waals surface area contributed by atoms with E-state index in [0.717, 1.165) is 37.4 Å². The number of likely N-dealkylation sites (N-methyl/N-ethyl adjacent to an activating group) is 1. The van der Waals surface area contributed by atoms with E-state index in [4.69, 9.17) is 5.73 Å². The van der Waals surface area contributed by atoms with E-state index in [1.807, 2.05) is 30.5 Å². The van der Waals surface area contributed by atoms with Crippen LogP contribution in [0.15, 0.2) is 48.7 Å². The van der Waals surface area contributed by atoms with Gasteiger partial charge in [0.15, 0.2) is 0 Å². The van der Waals surface area contributed by atoms with Crippen molar-refractivity contribution in [3.63, 3.8) is 0 Å². The Morgan fingerprint density at radius 2 is 2.05 bits per heavy atom. The van der Waals surface area contributed by atoms with E-state index < -0.39 is 0 Å². The van der Waals surface area contributed by atoms with Crippen molar-refractivity contribution in [2.24, 2.45) is 0 Å². The normalized spacial score (nSPS) is 10.8. The molecule has 0 aliphatic rings. The molecule has 0 saturated heterocycles. The van der Waals surface area contributed by atoms with Crippen molar-refractivity contribution in [1.29, 1.82) is 0 Å². The van der Waals surface area contributed by atoms with Crippen molar-refractivity contribution in [2.45, 2.75) is 19.9 Å². The molecule has 0 fully saturated rings. The van der Waals surface area contributed by atoms with Gasteiger partial charge in [-0.1, -0.05) is 25.1 Å². The summed E-state index contributed by atoms with van der Waals surface area (Å²) in [6.07, 6.45) is 2.87. The van der Waals surface area contributed by atoms with Gasteiger partial charge in [-0.05, 0) is 42.8 Å². The van der Waals surface area contributed by atoms with E-state index in [-0.39, 0.29) is 0 Å². The molecule has 0 unspecified atom stereocenters. The maximum Gasteiger partial charge on any atom is 0.0543 e. The highest BCUT2D eigenvalue weighted by Gasteiger charge is 2.05. The molecule has 0 aliphatic carbocycles. The van der Waals surface area contributed by atoms with Crippen molar-refractivity contribution in [3.05, 3.63) is 59.9 Å². The molecule has 0 amide bonds. The topological polar surface area (TPSA) is 42.1 Å². The summed E-state index contributed by atoms with van der Waals surface area (Å²) in [5.74, 6) is 0. The Bertz CT molecular complexity index is 496. The van der Waals surface area contributed by atoms with Crippen LogP contribution in [-0.2, 0) is 13.0 Å². The van der Waals surface area contributed by atoms with Gasteiger partial charge in [0, 0.05) is 25.0 Å². The van der Waals surface area contributed by atoms with Crippen molar-refractivity contribution in [1.82, 2.24) is 9.88 Å². The van der Waals surface area contributed by atoms with Gasteiger partial charge in [-0.15, -0.1) is 0 Å². The lowest BCUT2D eigenvalue weighted by Gasteiger charge is -2.19. The third kappa shape index (κ3) is 4.38. The van der Waals surface area contributed by atoms with Gasteiger partial charge in [0.25, 0.3) is 0 Å². The number of aromatic nitrogens is 1. The molecule has 1 aromatic heterocycles. The highest BCUT2D eigenvalue weighted by atomic mass is 15.1. The number of pyridine rings is 1. The minimum absolute atomic E-state index is 0.838. The van der Waals surface area contributed by atoms with Crippen LogP contribution in [0.1, 0.15) is 18.2 Å². The first-order valence-corrected chi connectivity index (χ1v) is 6.74. The van der Waals surface area contributed by atoms with Crippen LogP contribution in [-0.4, -0.2) is 23.0 Å². The molecule has 2 N–H and O–H groups in total.